The van der Waals surface area contributed by atoms with Crippen LogP contribution in [0.4, 0.5) is 5.69 Å². The lowest BCUT2D eigenvalue weighted by atomic mass is 10.0. The van der Waals surface area contributed by atoms with Crippen molar-refractivity contribution in [1.29, 1.82) is 0 Å². The van der Waals surface area contributed by atoms with Gasteiger partial charge in [0.15, 0.2) is 0 Å². The van der Waals surface area contributed by atoms with Crippen LogP contribution < -0.4 is 9.62 Å². The molecule has 1 N–H and O–H groups in total. The second kappa shape index (κ2) is 13.7. The van der Waals surface area contributed by atoms with E-state index in [0.717, 1.165) is 16.1 Å². The van der Waals surface area contributed by atoms with Gasteiger partial charge in [0.1, 0.15) is 12.6 Å². The largest absolute Gasteiger partial charge is 0.350 e. The summed E-state index contributed by atoms with van der Waals surface area (Å²) < 4.78 is 26.7. The SMILES string of the molecule is CC(C)(C)NC(=O)[C@@H](Cc1ccccc1)N(Cc1ccc(Cl)cc1Cl)C(=O)CN(c1ccc(Cl)c(Cl)c1)S(C)(=O)=O. The maximum atomic E-state index is 14.1. The number of sulfonamides is 1. The lowest BCUT2D eigenvalue weighted by Crippen LogP contribution is -2.56. The molecule has 0 fully saturated rings. The Labute approximate surface area is 261 Å². The third-order valence-electron chi connectivity index (χ3n) is 6.00. The van der Waals surface area contributed by atoms with Crippen LogP contribution in [0.25, 0.3) is 0 Å². The van der Waals surface area contributed by atoms with Crippen LogP contribution in [-0.2, 0) is 32.6 Å². The predicted octanol–water partition coefficient (Wildman–Crippen LogP) is 6.62. The molecule has 220 valence electrons. The maximum absolute atomic E-state index is 14.1. The second-order valence-corrected chi connectivity index (χ2v) is 14.1. The van der Waals surface area contributed by atoms with E-state index in [4.69, 9.17) is 46.4 Å². The minimum atomic E-state index is -3.96. The van der Waals surface area contributed by atoms with Crippen LogP contribution in [0.5, 0.6) is 0 Å². The van der Waals surface area contributed by atoms with Gasteiger partial charge in [0.25, 0.3) is 0 Å². The highest BCUT2D eigenvalue weighted by atomic mass is 35.5. The number of carbonyl (C=O) groups excluding carboxylic acids is 2. The molecule has 0 unspecified atom stereocenters. The van der Waals surface area contributed by atoms with E-state index in [1.807, 2.05) is 51.1 Å². The number of nitrogens with one attached hydrogen (secondary N) is 1. The summed E-state index contributed by atoms with van der Waals surface area (Å²) in [5.74, 6) is -1.03. The predicted molar refractivity (Wildman–Crippen MR) is 167 cm³/mol. The lowest BCUT2D eigenvalue weighted by Gasteiger charge is -2.35. The summed E-state index contributed by atoms with van der Waals surface area (Å²) in [5, 5.41) is 4.03. The number of hydrogen-bond acceptors (Lipinski definition) is 4. The molecule has 1 atom stereocenters. The van der Waals surface area contributed by atoms with Gasteiger partial charge in [-0.1, -0.05) is 82.8 Å². The van der Waals surface area contributed by atoms with Crippen LogP contribution in [0.3, 0.4) is 0 Å². The molecular formula is C29H31Cl4N3O4S. The average molecular weight is 659 g/mol. The summed E-state index contributed by atoms with van der Waals surface area (Å²) in [6.07, 6.45) is 1.16. The number of halogens is 4. The summed E-state index contributed by atoms with van der Waals surface area (Å²) >= 11 is 24.8. The fraction of sp³-hybridized carbons (Fsp3) is 0.310. The molecule has 0 spiro atoms. The first kappa shape index (κ1) is 33.0. The molecular weight excluding hydrogens is 628 g/mol. The minimum absolute atomic E-state index is 0.0805. The number of rotatable bonds is 10. The molecule has 0 aliphatic carbocycles. The van der Waals surface area contributed by atoms with Gasteiger partial charge >= 0.3 is 0 Å². The average Bonchev–Trinajstić information content (AvgIpc) is 2.86. The summed E-state index contributed by atoms with van der Waals surface area (Å²) in [5.41, 5.74) is 0.897. The standard InChI is InChI=1S/C29H31Cl4N3O4S/c1-29(2,3)34-28(38)26(14-19-8-6-5-7-9-19)35(17-20-10-11-21(30)15-24(20)32)27(37)18-36(41(4,39)40)22-12-13-23(31)25(33)16-22/h5-13,15-16,26H,14,17-18H2,1-4H3,(H,34,38)/t26-/m1/s1. The molecule has 3 aromatic rings. The second-order valence-electron chi connectivity index (χ2n) is 10.6. The Hall–Kier alpha value is -2.49. The van der Waals surface area contributed by atoms with Gasteiger partial charge in [0.2, 0.25) is 21.8 Å². The van der Waals surface area contributed by atoms with Crippen molar-refractivity contribution in [3.63, 3.8) is 0 Å². The minimum Gasteiger partial charge on any atom is -0.350 e. The highest BCUT2D eigenvalue weighted by Crippen LogP contribution is 2.29. The van der Waals surface area contributed by atoms with Crippen molar-refractivity contribution in [2.75, 3.05) is 17.1 Å². The normalized spacial score (nSPS) is 12.5. The molecule has 12 heteroatoms. The van der Waals surface area contributed by atoms with Crippen LogP contribution >= 0.6 is 46.4 Å². The molecule has 2 amide bonds. The molecule has 0 radical (unpaired) electrons. The van der Waals surface area contributed by atoms with E-state index < -0.39 is 40.0 Å². The van der Waals surface area contributed by atoms with Gasteiger partial charge in [0.05, 0.1) is 22.0 Å². The Bertz CT molecular complexity index is 1510. The van der Waals surface area contributed by atoms with Gasteiger partial charge in [-0.05, 0) is 62.2 Å². The maximum Gasteiger partial charge on any atom is 0.244 e. The van der Waals surface area contributed by atoms with Gasteiger partial charge in [-0.3, -0.25) is 13.9 Å². The summed E-state index contributed by atoms with van der Waals surface area (Å²) in [4.78, 5) is 29.2. The Balaban J connectivity index is 2.11. The first-order chi connectivity index (χ1) is 19.0. The van der Waals surface area contributed by atoms with E-state index in [2.05, 4.69) is 5.32 Å². The summed E-state index contributed by atoms with van der Waals surface area (Å²) in [6.45, 7) is 4.83. The molecule has 0 heterocycles. The summed E-state index contributed by atoms with van der Waals surface area (Å²) in [7, 11) is -3.96. The molecule has 3 aromatic carbocycles. The van der Waals surface area contributed by atoms with Crippen LogP contribution in [0.15, 0.2) is 66.7 Å². The number of carbonyl (C=O) groups is 2. The van der Waals surface area contributed by atoms with Crippen molar-refractivity contribution in [1.82, 2.24) is 10.2 Å². The van der Waals surface area contributed by atoms with Gasteiger partial charge in [0, 0.05) is 28.5 Å². The quantitative estimate of drug-likeness (QED) is 0.265. The van der Waals surface area contributed by atoms with Crippen molar-refractivity contribution < 1.29 is 18.0 Å². The Kier molecular flexibility index (Phi) is 11.0. The van der Waals surface area contributed by atoms with Crippen molar-refractivity contribution in [3.05, 3.63) is 97.9 Å². The topological polar surface area (TPSA) is 86.8 Å². The van der Waals surface area contributed by atoms with Crippen LogP contribution in [0.2, 0.25) is 20.1 Å². The van der Waals surface area contributed by atoms with E-state index in [0.29, 0.717) is 15.6 Å². The number of hydrogen-bond donors (Lipinski definition) is 1. The molecule has 0 aliphatic heterocycles. The number of anilines is 1. The lowest BCUT2D eigenvalue weighted by molar-refractivity contribution is -0.140. The molecule has 0 aliphatic rings. The molecule has 0 bridgehead atoms. The Morgan fingerprint density at radius 2 is 1.54 bits per heavy atom. The zero-order valence-corrected chi connectivity index (χ0v) is 26.8. The number of amides is 2. The number of nitrogens with zero attached hydrogens (tertiary/aromatic N) is 2. The van der Waals surface area contributed by atoms with E-state index in [1.165, 1.54) is 23.1 Å². The van der Waals surface area contributed by atoms with E-state index in [9.17, 15) is 18.0 Å². The molecule has 41 heavy (non-hydrogen) atoms. The third kappa shape index (κ3) is 9.51. The van der Waals surface area contributed by atoms with E-state index in [1.54, 1.807) is 18.2 Å². The van der Waals surface area contributed by atoms with Crippen LogP contribution in [0, 0.1) is 0 Å². The summed E-state index contributed by atoms with van der Waals surface area (Å²) in [6, 6.07) is 17.3. The zero-order valence-electron chi connectivity index (χ0n) is 23.0. The van der Waals surface area contributed by atoms with Crippen LogP contribution in [0.1, 0.15) is 31.9 Å². The van der Waals surface area contributed by atoms with Crippen molar-refractivity contribution in [2.45, 2.75) is 45.3 Å². The molecule has 3 rings (SSSR count). The number of benzene rings is 3. The fourth-order valence-corrected chi connectivity index (χ4v) is 5.70. The van der Waals surface area contributed by atoms with Gasteiger partial charge in [-0.15, -0.1) is 0 Å². The molecule has 0 saturated heterocycles. The highest BCUT2D eigenvalue weighted by Gasteiger charge is 2.34. The fourth-order valence-electron chi connectivity index (χ4n) is 4.09. The van der Waals surface area contributed by atoms with E-state index in [-0.39, 0.29) is 28.7 Å². The van der Waals surface area contributed by atoms with Crippen molar-refractivity contribution in [3.8, 4) is 0 Å². The monoisotopic (exact) mass is 657 g/mol. The molecule has 0 saturated carbocycles. The first-order valence-electron chi connectivity index (χ1n) is 12.6. The van der Waals surface area contributed by atoms with Crippen molar-refractivity contribution >= 4 is 73.9 Å². The van der Waals surface area contributed by atoms with Crippen LogP contribution in [-0.4, -0.2) is 49.5 Å². The van der Waals surface area contributed by atoms with E-state index >= 15 is 0 Å². The highest BCUT2D eigenvalue weighted by molar-refractivity contribution is 7.92. The third-order valence-corrected chi connectivity index (χ3v) is 8.46. The van der Waals surface area contributed by atoms with Gasteiger partial charge in [-0.2, -0.15) is 0 Å². The van der Waals surface area contributed by atoms with Crippen molar-refractivity contribution in [2.24, 2.45) is 0 Å². The Morgan fingerprint density at radius 1 is 0.878 bits per heavy atom. The molecule has 0 aromatic heterocycles. The zero-order chi connectivity index (χ0) is 30.5. The molecule has 7 nitrogen and oxygen atoms in total. The smallest absolute Gasteiger partial charge is 0.244 e. The Morgan fingerprint density at radius 3 is 2.10 bits per heavy atom. The van der Waals surface area contributed by atoms with Gasteiger partial charge in [-0.25, -0.2) is 8.42 Å². The first-order valence-corrected chi connectivity index (χ1v) is 15.9. The van der Waals surface area contributed by atoms with Gasteiger partial charge < -0.3 is 10.2 Å².